The Bertz CT molecular complexity index is 856. The molecule has 0 atom stereocenters. The number of likely N-dealkylation sites (N-methyl/N-ethyl adjacent to an activating group) is 1. The van der Waals surface area contributed by atoms with Crippen molar-refractivity contribution in [3.63, 3.8) is 0 Å². The number of hydrogen-bond acceptors (Lipinski definition) is 5. The zero-order chi connectivity index (χ0) is 22.3. The molecule has 0 aliphatic carbocycles. The number of thiocarbonyl (C=S) groups is 1. The summed E-state index contributed by atoms with van der Waals surface area (Å²) < 4.78 is 4.74. The van der Waals surface area contributed by atoms with E-state index in [9.17, 15) is 14.7 Å². The number of phenolic OH excluding ortho intramolecular Hbond substituents is 1. The highest BCUT2D eigenvalue weighted by molar-refractivity contribution is 7.80. The van der Waals surface area contributed by atoms with Crippen LogP contribution in [0.25, 0.3) is 6.08 Å². The fourth-order valence-electron chi connectivity index (χ4n) is 3.19. The third kappa shape index (κ3) is 4.61. The normalized spacial score (nSPS) is 16.8. The first-order valence-corrected chi connectivity index (χ1v) is 9.85. The highest BCUT2D eigenvalue weighted by atomic mass is 32.1. The van der Waals surface area contributed by atoms with Crippen LogP contribution >= 0.6 is 12.2 Å². The van der Waals surface area contributed by atoms with Gasteiger partial charge in [0.2, 0.25) is 0 Å². The van der Waals surface area contributed by atoms with Crippen LogP contribution in [-0.4, -0.2) is 52.6 Å². The largest absolute Gasteiger partial charge is 0.507 e. The minimum Gasteiger partial charge on any atom is -0.507 e. The molecule has 1 heterocycles. The van der Waals surface area contributed by atoms with E-state index in [2.05, 4.69) is 0 Å². The number of esters is 1. The highest BCUT2D eigenvalue weighted by Crippen LogP contribution is 2.40. The number of aromatic hydroxyl groups is 1. The van der Waals surface area contributed by atoms with Crippen molar-refractivity contribution in [3.8, 4) is 5.75 Å². The lowest BCUT2D eigenvalue weighted by atomic mass is 9.78. The fourth-order valence-corrected chi connectivity index (χ4v) is 3.43. The van der Waals surface area contributed by atoms with Gasteiger partial charge in [-0.1, -0.05) is 41.5 Å². The average molecular weight is 419 g/mol. The molecule has 0 saturated carbocycles. The molecule has 1 saturated heterocycles. The van der Waals surface area contributed by atoms with E-state index in [4.69, 9.17) is 17.0 Å². The second kappa shape index (κ2) is 7.78. The number of rotatable bonds is 3. The second-order valence-corrected chi connectivity index (χ2v) is 9.67. The maximum atomic E-state index is 12.8. The van der Waals surface area contributed by atoms with Crippen LogP contribution < -0.4 is 0 Å². The summed E-state index contributed by atoms with van der Waals surface area (Å²) in [6.45, 7) is 12.0. The molecule has 0 spiro atoms. The summed E-state index contributed by atoms with van der Waals surface area (Å²) in [4.78, 5) is 27.4. The predicted octanol–water partition coefficient (Wildman–Crippen LogP) is 3.56. The van der Waals surface area contributed by atoms with Gasteiger partial charge in [-0.15, -0.1) is 0 Å². The van der Waals surface area contributed by atoms with E-state index in [1.807, 2.05) is 53.7 Å². The predicted molar refractivity (Wildman–Crippen MR) is 118 cm³/mol. The molecule has 0 bridgehead atoms. The molecule has 1 aromatic carbocycles. The van der Waals surface area contributed by atoms with Crippen LogP contribution in [0.5, 0.6) is 5.75 Å². The molecule has 6 nitrogen and oxygen atoms in total. The van der Waals surface area contributed by atoms with Crippen LogP contribution in [0.3, 0.4) is 0 Å². The van der Waals surface area contributed by atoms with Crippen molar-refractivity contribution in [3.05, 3.63) is 34.5 Å². The molecule has 158 valence electrons. The second-order valence-electron chi connectivity index (χ2n) is 9.30. The van der Waals surface area contributed by atoms with Gasteiger partial charge in [-0.2, -0.15) is 0 Å². The molecule has 0 aromatic heterocycles. The van der Waals surface area contributed by atoms with Crippen molar-refractivity contribution in [2.45, 2.75) is 52.4 Å². The third-order valence-electron chi connectivity index (χ3n) is 4.90. The van der Waals surface area contributed by atoms with E-state index in [0.29, 0.717) is 5.70 Å². The molecular formula is C22H30N2O4S. The maximum Gasteiger partial charge on any atom is 0.325 e. The third-order valence-corrected chi connectivity index (χ3v) is 5.39. The molecule has 29 heavy (non-hydrogen) atoms. The lowest BCUT2D eigenvalue weighted by Gasteiger charge is -2.28. The molecule has 1 amide bonds. The Kier molecular flexibility index (Phi) is 6.14. The Balaban J connectivity index is 2.68. The van der Waals surface area contributed by atoms with Gasteiger partial charge in [-0.25, -0.2) is 0 Å². The molecule has 0 radical (unpaired) electrons. The van der Waals surface area contributed by atoms with Crippen LogP contribution in [0.15, 0.2) is 17.8 Å². The van der Waals surface area contributed by atoms with Crippen molar-refractivity contribution >= 4 is 35.3 Å². The Morgan fingerprint density at radius 3 is 2.03 bits per heavy atom. The van der Waals surface area contributed by atoms with E-state index in [1.165, 1.54) is 16.9 Å². The van der Waals surface area contributed by atoms with Crippen LogP contribution in [0.2, 0.25) is 0 Å². The van der Waals surface area contributed by atoms with Crippen molar-refractivity contribution in [1.29, 1.82) is 0 Å². The summed E-state index contributed by atoms with van der Waals surface area (Å²) in [5.74, 6) is -0.511. The number of hydrogen-bond donors (Lipinski definition) is 1. The molecular weight excluding hydrogens is 388 g/mol. The van der Waals surface area contributed by atoms with Gasteiger partial charge in [0.1, 0.15) is 18.0 Å². The zero-order valence-electron chi connectivity index (χ0n) is 18.4. The van der Waals surface area contributed by atoms with E-state index >= 15 is 0 Å². The monoisotopic (exact) mass is 418 g/mol. The number of ether oxygens (including phenoxy) is 1. The van der Waals surface area contributed by atoms with Gasteiger partial charge >= 0.3 is 5.97 Å². The van der Waals surface area contributed by atoms with Crippen molar-refractivity contribution in [1.82, 2.24) is 9.80 Å². The lowest BCUT2D eigenvalue weighted by molar-refractivity contribution is -0.140. The fraction of sp³-hybridized carbons (Fsp3) is 0.500. The topological polar surface area (TPSA) is 70.1 Å². The van der Waals surface area contributed by atoms with Gasteiger partial charge in [-0.05, 0) is 46.8 Å². The summed E-state index contributed by atoms with van der Waals surface area (Å²) in [7, 11) is 2.87. The maximum absolute atomic E-state index is 12.8. The van der Waals surface area contributed by atoms with E-state index < -0.39 is 5.97 Å². The standard InChI is InChI=1S/C22H30N2O4S/c1-21(2,3)14-9-13(10-15(18(14)26)22(4,5)6)11-16-19(27)23(7)20(29)24(16)12-17(25)28-8/h9-11,26H,12H2,1-8H3/b16-11+. The first kappa shape index (κ1) is 22.9. The molecule has 1 aromatic rings. The molecule has 2 rings (SSSR count). The average Bonchev–Trinajstić information content (AvgIpc) is 2.79. The Hall–Kier alpha value is -2.41. The minimum absolute atomic E-state index is 0.145. The summed E-state index contributed by atoms with van der Waals surface area (Å²) in [6.07, 6.45) is 1.71. The SMILES string of the molecule is COC(=O)CN1C(=S)N(C)C(=O)/C1=C\c1cc(C(C)(C)C)c(O)c(C(C)(C)C)c1. The molecule has 1 aliphatic heterocycles. The van der Waals surface area contributed by atoms with E-state index in [1.54, 1.807) is 13.1 Å². The van der Waals surface area contributed by atoms with E-state index in [0.717, 1.165) is 16.7 Å². The Morgan fingerprint density at radius 1 is 1.14 bits per heavy atom. The molecule has 1 fully saturated rings. The molecule has 0 unspecified atom stereocenters. The van der Waals surface area contributed by atoms with Gasteiger partial charge in [0, 0.05) is 18.2 Å². The lowest BCUT2D eigenvalue weighted by Crippen LogP contribution is -2.33. The molecule has 1 N–H and O–H groups in total. The van der Waals surface area contributed by atoms with Crippen LogP contribution in [-0.2, 0) is 25.2 Å². The summed E-state index contributed by atoms with van der Waals surface area (Å²) >= 11 is 5.33. The number of amides is 1. The Morgan fingerprint density at radius 2 is 1.62 bits per heavy atom. The molecule has 1 aliphatic rings. The summed E-state index contributed by atoms with van der Waals surface area (Å²) in [6, 6.07) is 3.76. The number of carbonyl (C=O) groups excluding carboxylic acids is 2. The van der Waals surface area contributed by atoms with Crippen molar-refractivity contribution in [2.24, 2.45) is 0 Å². The highest BCUT2D eigenvalue weighted by Gasteiger charge is 2.37. The van der Waals surface area contributed by atoms with Crippen LogP contribution in [0, 0.1) is 0 Å². The smallest absolute Gasteiger partial charge is 0.325 e. The first-order chi connectivity index (χ1) is 13.2. The van der Waals surface area contributed by atoms with Crippen LogP contribution in [0.4, 0.5) is 0 Å². The number of methoxy groups -OCH3 is 1. The quantitative estimate of drug-likeness (QED) is 0.460. The minimum atomic E-state index is -0.488. The zero-order valence-corrected chi connectivity index (χ0v) is 19.2. The first-order valence-electron chi connectivity index (χ1n) is 9.44. The Labute approximate surface area is 178 Å². The summed E-state index contributed by atoms with van der Waals surface area (Å²) in [5, 5.41) is 11.1. The number of benzene rings is 1. The van der Waals surface area contributed by atoms with Gasteiger partial charge < -0.3 is 14.7 Å². The van der Waals surface area contributed by atoms with Gasteiger partial charge in [0.05, 0.1) is 7.11 Å². The van der Waals surface area contributed by atoms with E-state index in [-0.39, 0.29) is 34.1 Å². The van der Waals surface area contributed by atoms with Crippen molar-refractivity contribution < 1.29 is 19.4 Å². The van der Waals surface area contributed by atoms with Gasteiger partial charge in [-0.3, -0.25) is 14.5 Å². The molecule has 7 heteroatoms. The number of nitrogens with zero attached hydrogens (tertiary/aromatic N) is 2. The van der Waals surface area contributed by atoms with Gasteiger partial charge in [0.25, 0.3) is 5.91 Å². The van der Waals surface area contributed by atoms with Gasteiger partial charge in [0.15, 0.2) is 5.11 Å². The van der Waals surface area contributed by atoms with Crippen LogP contribution in [0.1, 0.15) is 58.2 Å². The summed E-state index contributed by atoms with van der Waals surface area (Å²) in [5.41, 5.74) is 2.05. The number of carbonyl (C=O) groups is 2. The van der Waals surface area contributed by atoms with Crippen molar-refractivity contribution in [2.75, 3.05) is 20.7 Å². The number of phenols is 1.